The van der Waals surface area contributed by atoms with Crippen molar-refractivity contribution in [3.05, 3.63) is 42.0 Å². The molecule has 0 unspecified atom stereocenters. The third kappa shape index (κ3) is 7.95. The van der Waals surface area contributed by atoms with Crippen molar-refractivity contribution in [1.82, 2.24) is 0 Å². The molecular formula is C11H16OW. The molecule has 0 radical (unpaired) electrons. The number of hydrogen-bond acceptors (Lipinski definition) is 1. The fourth-order valence-corrected chi connectivity index (χ4v) is 0.818. The van der Waals surface area contributed by atoms with Gasteiger partial charge in [-0.3, -0.25) is 0 Å². The summed E-state index contributed by atoms with van der Waals surface area (Å²) < 4.78 is 0. The molecule has 0 bridgehead atoms. The molecular weight excluding hydrogens is 332 g/mol. The van der Waals surface area contributed by atoms with E-state index in [0.29, 0.717) is 0 Å². The van der Waals surface area contributed by atoms with E-state index < -0.39 is 0 Å². The van der Waals surface area contributed by atoms with Crippen molar-refractivity contribution in [1.29, 1.82) is 0 Å². The molecule has 0 amide bonds. The van der Waals surface area contributed by atoms with Crippen LogP contribution in [-0.4, -0.2) is 12.2 Å². The van der Waals surface area contributed by atoms with E-state index in [4.69, 9.17) is 5.11 Å². The third-order valence-electron chi connectivity index (χ3n) is 1.35. The summed E-state index contributed by atoms with van der Waals surface area (Å²) in [5.74, 6) is 0. The van der Waals surface area contributed by atoms with Crippen molar-refractivity contribution in [3.63, 3.8) is 0 Å². The first-order chi connectivity index (χ1) is 5.93. The van der Waals surface area contributed by atoms with Crippen LogP contribution in [0, 0.1) is 0 Å². The van der Waals surface area contributed by atoms with Gasteiger partial charge in [-0.2, -0.15) is 0 Å². The summed E-state index contributed by atoms with van der Waals surface area (Å²) in [6.45, 7) is 2.14. The second-order valence-electron chi connectivity index (χ2n) is 2.22. The zero-order chi connectivity index (χ0) is 9.23. The minimum absolute atomic E-state index is 0. The maximum Gasteiger partial charge on any atom is 0.0319 e. The Hall–Kier alpha value is -0.392. The van der Waals surface area contributed by atoms with E-state index in [9.17, 15) is 0 Å². The van der Waals surface area contributed by atoms with Gasteiger partial charge in [0.05, 0.1) is 0 Å². The third-order valence-corrected chi connectivity index (χ3v) is 1.35. The Morgan fingerprint density at radius 1 is 1.15 bits per heavy atom. The van der Waals surface area contributed by atoms with Crippen LogP contribution in [0.3, 0.4) is 0 Å². The van der Waals surface area contributed by atoms with Crippen LogP contribution >= 0.6 is 0 Å². The van der Waals surface area contributed by atoms with E-state index in [1.54, 1.807) is 0 Å². The molecule has 1 nitrogen and oxygen atoms in total. The Labute approximate surface area is 94.8 Å². The van der Waals surface area contributed by atoms with Gasteiger partial charge in [0, 0.05) is 28.2 Å². The number of aliphatic hydroxyl groups excluding tert-OH is 1. The van der Waals surface area contributed by atoms with Crippen LogP contribution in [0.4, 0.5) is 0 Å². The molecule has 0 aliphatic rings. The molecule has 0 spiro atoms. The molecule has 1 N–H and O–H groups in total. The molecule has 2 heteroatoms. The Kier molecular flexibility index (Phi) is 13.5. The molecule has 1 rings (SSSR count). The van der Waals surface area contributed by atoms with Crippen molar-refractivity contribution in [2.45, 2.75) is 13.3 Å². The van der Waals surface area contributed by atoms with Gasteiger partial charge in [0.1, 0.15) is 0 Å². The quantitative estimate of drug-likeness (QED) is 0.872. The van der Waals surface area contributed by atoms with Gasteiger partial charge in [0.15, 0.2) is 0 Å². The standard InChI is InChI=1S/C10H12.CH4O.W/c1-2-3-7-10-8-5-4-6-9-10;1-2;/h3-9H,2H2,1H3;2H,1H3;. The predicted octanol–water partition coefficient (Wildman–Crippen LogP) is 2.72. The van der Waals surface area contributed by atoms with E-state index in [1.807, 2.05) is 6.07 Å². The smallest absolute Gasteiger partial charge is 0.0319 e. The Balaban J connectivity index is 0. The molecule has 0 saturated carbocycles. The van der Waals surface area contributed by atoms with E-state index in [-0.39, 0.29) is 21.1 Å². The molecule has 0 saturated heterocycles. The van der Waals surface area contributed by atoms with Crippen LogP contribution in [0.5, 0.6) is 0 Å². The first-order valence-corrected chi connectivity index (χ1v) is 4.10. The molecule has 0 aromatic heterocycles. The minimum atomic E-state index is 0. The van der Waals surface area contributed by atoms with E-state index in [2.05, 4.69) is 43.3 Å². The zero-order valence-electron chi connectivity index (χ0n) is 8.10. The average Bonchev–Trinajstić information content (AvgIpc) is 2.19. The van der Waals surface area contributed by atoms with E-state index >= 15 is 0 Å². The number of allylic oxidation sites excluding steroid dienone is 1. The van der Waals surface area contributed by atoms with Crippen LogP contribution in [0.2, 0.25) is 0 Å². The second-order valence-corrected chi connectivity index (χ2v) is 2.22. The van der Waals surface area contributed by atoms with Gasteiger partial charge in [-0.1, -0.05) is 49.4 Å². The molecule has 13 heavy (non-hydrogen) atoms. The summed E-state index contributed by atoms with van der Waals surface area (Å²) in [6, 6.07) is 10.3. The van der Waals surface area contributed by atoms with Crippen molar-refractivity contribution in [3.8, 4) is 0 Å². The normalized spacial score (nSPS) is 8.54. The van der Waals surface area contributed by atoms with Crippen LogP contribution in [0.1, 0.15) is 18.9 Å². The maximum atomic E-state index is 7.00. The number of benzene rings is 1. The first kappa shape index (κ1) is 15.1. The van der Waals surface area contributed by atoms with Crippen molar-refractivity contribution >= 4 is 6.08 Å². The second kappa shape index (κ2) is 11.6. The van der Waals surface area contributed by atoms with Crippen molar-refractivity contribution < 1.29 is 26.2 Å². The van der Waals surface area contributed by atoms with Gasteiger partial charge in [0.2, 0.25) is 0 Å². The fourth-order valence-electron chi connectivity index (χ4n) is 0.818. The Bertz CT molecular complexity index is 207. The summed E-state index contributed by atoms with van der Waals surface area (Å²) in [5, 5.41) is 7.00. The number of hydrogen-bond donors (Lipinski definition) is 1. The summed E-state index contributed by atoms with van der Waals surface area (Å²) in [4.78, 5) is 0. The summed E-state index contributed by atoms with van der Waals surface area (Å²) in [5.41, 5.74) is 1.28. The van der Waals surface area contributed by atoms with Crippen LogP contribution in [-0.2, 0) is 21.1 Å². The molecule has 1 aromatic carbocycles. The van der Waals surface area contributed by atoms with Crippen LogP contribution < -0.4 is 0 Å². The van der Waals surface area contributed by atoms with Crippen LogP contribution in [0.25, 0.3) is 6.08 Å². The van der Waals surface area contributed by atoms with Gasteiger partial charge in [-0.15, -0.1) is 0 Å². The van der Waals surface area contributed by atoms with Gasteiger partial charge in [-0.05, 0) is 12.0 Å². The van der Waals surface area contributed by atoms with Crippen LogP contribution in [0.15, 0.2) is 36.4 Å². The molecule has 0 heterocycles. The molecule has 0 aliphatic heterocycles. The largest absolute Gasteiger partial charge is 0.400 e. The molecule has 0 atom stereocenters. The Morgan fingerprint density at radius 3 is 2.15 bits per heavy atom. The SMILES string of the molecule is CCC=Cc1ccccc1.CO.[W]. The first-order valence-electron chi connectivity index (χ1n) is 4.10. The predicted molar refractivity (Wildman–Crippen MR) is 53.9 cm³/mol. The number of aliphatic hydroxyl groups is 1. The van der Waals surface area contributed by atoms with E-state index in [0.717, 1.165) is 13.5 Å². The minimum Gasteiger partial charge on any atom is -0.400 e. The molecule has 0 fully saturated rings. The molecule has 1 aromatic rings. The van der Waals surface area contributed by atoms with Gasteiger partial charge in [-0.25, -0.2) is 0 Å². The molecule has 72 valence electrons. The number of rotatable bonds is 2. The van der Waals surface area contributed by atoms with Gasteiger partial charge in [0.25, 0.3) is 0 Å². The topological polar surface area (TPSA) is 20.2 Å². The Morgan fingerprint density at radius 2 is 1.69 bits per heavy atom. The van der Waals surface area contributed by atoms with Crippen molar-refractivity contribution in [2.24, 2.45) is 0 Å². The van der Waals surface area contributed by atoms with E-state index in [1.165, 1.54) is 5.56 Å². The summed E-state index contributed by atoms with van der Waals surface area (Å²) in [6.07, 6.45) is 5.41. The monoisotopic (exact) mass is 348 g/mol. The maximum absolute atomic E-state index is 7.00. The van der Waals surface area contributed by atoms with Crippen molar-refractivity contribution in [2.75, 3.05) is 7.11 Å². The van der Waals surface area contributed by atoms with Gasteiger partial charge >= 0.3 is 0 Å². The van der Waals surface area contributed by atoms with Gasteiger partial charge < -0.3 is 5.11 Å². The summed E-state index contributed by atoms with van der Waals surface area (Å²) in [7, 11) is 1.00. The zero-order valence-corrected chi connectivity index (χ0v) is 11.0. The summed E-state index contributed by atoms with van der Waals surface area (Å²) >= 11 is 0. The average molecular weight is 348 g/mol. The fraction of sp³-hybridized carbons (Fsp3) is 0.273. The molecule has 0 aliphatic carbocycles.